The lowest BCUT2D eigenvalue weighted by Gasteiger charge is -2.49. The van der Waals surface area contributed by atoms with E-state index in [-0.39, 0.29) is 0 Å². The van der Waals surface area contributed by atoms with Gasteiger partial charge >= 0.3 is 0 Å². The van der Waals surface area contributed by atoms with Crippen molar-refractivity contribution in [2.45, 2.75) is 70.1 Å². The van der Waals surface area contributed by atoms with Crippen LogP contribution in [0.25, 0.3) is 0 Å². The first-order chi connectivity index (χ1) is 13.7. The van der Waals surface area contributed by atoms with Crippen molar-refractivity contribution in [3.05, 3.63) is 65.7 Å². The van der Waals surface area contributed by atoms with Gasteiger partial charge in [0.15, 0.2) is 5.11 Å². The number of rotatable bonds is 5. The maximum Gasteiger partial charge on any atom is 0.170 e. The Morgan fingerprint density at radius 2 is 1.64 bits per heavy atom. The van der Waals surface area contributed by atoms with Crippen molar-refractivity contribution in [1.29, 1.82) is 0 Å². The summed E-state index contributed by atoms with van der Waals surface area (Å²) in [5.41, 5.74) is 3.85. The maximum atomic E-state index is 5.61. The first kappa shape index (κ1) is 19.4. The van der Waals surface area contributed by atoms with Gasteiger partial charge in [-0.1, -0.05) is 55.8 Å². The molecule has 2 aromatic rings. The molecule has 4 heteroatoms. The number of hydrogen-bond donors (Lipinski definition) is 2. The summed E-state index contributed by atoms with van der Waals surface area (Å²) < 4.78 is 0. The SMILES string of the molecule is CCc1ccc(NC(=S)NC2C[C@@H]3CCC[C@@H](C2)N3Cc2ccccc2)cc1. The van der Waals surface area contributed by atoms with Gasteiger partial charge in [-0.2, -0.15) is 0 Å². The number of anilines is 1. The summed E-state index contributed by atoms with van der Waals surface area (Å²) in [5.74, 6) is 0. The second-order valence-corrected chi connectivity index (χ2v) is 8.62. The molecule has 2 aliphatic rings. The van der Waals surface area contributed by atoms with E-state index in [1.807, 2.05) is 0 Å². The monoisotopic (exact) mass is 393 g/mol. The molecule has 2 aliphatic heterocycles. The van der Waals surface area contributed by atoms with Crippen molar-refractivity contribution >= 4 is 23.0 Å². The molecule has 0 unspecified atom stereocenters. The van der Waals surface area contributed by atoms with E-state index in [1.54, 1.807) is 0 Å². The van der Waals surface area contributed by atoms with Crippen LogP contribution >= 0.6 is 12.2 Å². The summed E-state index contributed by atoms with van der Waals surface area (Å²) in [6.45, 7) is 3.25. The summed E-state index contributed by atoms with van der Waals surface area (Å²) in [6.07, 6.45) is 7.40. The Morgan fingerprint density at radius 1 is 0.964 bits per heavy atom. The Balaban J connectivity index is 1.33. The van der Waals surface area contributed by atoms with Gasteiger partial charge in [0, 0.05) is 30.4 Å². The minimum Gasteiger partial charge on any atom is -0.360 e. The maximum absolute atomic E-state index is 5.61. The second kappa shape index (κ2) is 9.06. The van der Waals surface area contributed by atoms with Crippen LogP contribution in [0.4, 0.5) is 5.69 Å². The van der Waals surface area contributed by atoms with Gasteiger partial charge in [-0.3, -0.25) is 4.90 Å². The van der Waals surface area contributed by atoms with E-state index in [0.717, 1.165) is 23.8 Å². The van der Waals surface area contributed by atoms with Crippen LogP contribution in [0, 0.1) is 0 Å². The van der Waals surface area contributed by atoms with Gasteiger partial charge < -0.3 is 10.6 Å². The fourth-order valence-corrected chi connectivity index (χ4v) is 5.11. The lowest BCUT2D eigenvalue weighted by molar-refractivity contribution is 0.0212. The lowest BCUT2D eigenvalue weighted by atomic mass is 9.81. The van der Waals surface area contributed by atoms with Crippen molar-refractivity contribution < 1.29 is 0 Å². The van der Waals surface area contributed by atoms with Gasteiger partial charge in [-0.15, -0.1) is 0 Å². The molecule has 4 rings (SSSR count). The molecule has 2 N–H and O–H groups in total. The number of benzene rings is 2. The van der Waals surface area contributed by atoms with E-state index in [0.29, 0.717) is 18.1 Å². The van der Waals surface area contributed by atoms with Gasteiger partial charge in [0.2, 0.25) is 0 Å². The lowest BCUT2D eigenvalue weighted by Crippen LogP contribution is -2.56. The normalized spacial score (nSPS) is 24.5. The molecule has 2 saturated heterocycles. The van der Waals surface area contributed by atoms with E-state index in [1.165, 1.54) is 43.2 Å². The number of fused-ring (bicyclic) bond motifs is 2. The summed E-state index contributed by atoms with van der Waals surface area (Å²) in [6, 6.07) is 21.3. The smallest absolute Gasteiger partial charge is 0.170 e. The zero-order chi connectivity index (χ0) is 19.3. The minimum absolute atomic E-state index is 0.470. The molecule has 3 nitrogen and oxygen atoms in total. The molecular formula is C24H31N3S. The van der Waals surface area contributed by atoms with Crippen LogP contribution in [-0.4, -0.2) is 28.1 Å². The summed E-state index contributed by atoms with van der Waals surface area (Å²) in [5, 5.41) is 7.72. The third kappa shape index (κ3) is 4.73. The topological polar surface area (TPSA) is 27.3 Å². The Morgan fingerprint density at radius 3 is 2.29 bits per heavy atom. The van der Waals surface area contributed by atoms with Crippen molar-refractivity contribution in [2.75, 3.05) is 5.32 Å². The molecular weight excluding hydrogens is 362 g/mol. The predicted octanol–water partition coefficient (Wildman–Crippen LogP) is 5.12. The molecule has 0 radical (unpaired) electrons. The highest BCUT2D eigenvalue weighted by Crippen LogP contribution is 2.35. The highest BCUT2D eigenvalue weighted by Gasteiger charge is 2.38. The third-order valence-electron chi connectivity index (χ3n) is 6.29. The van der Waals surface area contributed by atoms with Gasteiger partial charge in [0.1, 0.15) is 0 Å². The van der Waals surface area contributed by atoms with Gasteiger partial charge in [0.25, 0.3) is 0 Å². The average Bonchev–Trinajstić information content (AvgIpc) is 2.70. The molecule has 28 heavy (non-hydrogen) atoms. The Labute approximate surface area is 174 Å². The Kier molecular flexibility index (Phi) is 6.28. The van der Waals surface area contributed by atoms with Crippen LogP contribution in [-0.2, 0) is 13.0 Å². The number of thiocarbonyl (C=S) groups is 1. The third-order valence-corrected chi connectivity index (χ3v) is 6.51. The zero-order valence-corrected chi connectivity index (χ0v) is 17.5. The number of nitrogens with zero attached hydrogens (tertiary/aromatic N) is 1. The van der Waals surface area contributed by atoms with Crippen molar-refractivity contribution in [3.8, 4) is 0 Å². The molecule has 2 fully saturated rings. The first-order valence-electron chi connectivity index (χ1n) is 10.7. The summed E-state index contributed by atoms with van der Waals surface area (Å²) in [4.78, 5) is 2.75. The number of nitrogens with one attached hydrogen (secondary N) is 2. The first-order valence-corrected chi connectivity index (χ1v) is 11.1. The van der Waals surface area contributed by atoms with Crippen molar-refractivity contribution in [2.24, 2.45) is 0 Å². The van der Waals surface area contributed by atoms with Crippen molar-refractivity contribution in [3.63, 3.8) is 0 Å². The molecule has 0 spiro atoms. The molecule has 2 bridgehead atoms. The summed E-state index contributed by atoms with van der Waals surface area (Å²) in [7, 11) is 0. The van der Waals surface area contributed by atoms with E-state index in [2.05, 4.69) is 77.1 Å². The summed E-state index contributed by atoms with van der Waals surface area (Å²) >= 11 is 5.61. The van der Waals surface area contributed by atoms with Gasteiger partial charge in [-0.25, -0.2) is 0 Å². The van der Waals surface area contributed by atoms with E-state index in [4.69, 9.17) is 12.2 Å². The molecule has 2 aromatic carbocycles. The highest BCUT2D eigenvalue weighted by atomic mass is 32.1. The number of piperidine rings is 2. The fourth-order valence-electron chi connectivity index (χ4n) is 4.83. The largest absolute Gasteiger partial charge is 0.360 e. The van der Waals surface area contributed by atoms with Crippen LogP contribution in [0.3, 0.4) is 0 Å². The molecule has 2 heterocycles. The minimum atomic E-state index is 0.470. The molecule has 0 aliphatic carbocycles. The number of hydrogen-bond acceptors (Lipinski definition) is 2. The standard InChI is InChI=1S/C24H31N3S/c1-2-18-11-13-20(14-12-18)25-24(28)26-21-15-22-9-6-10-23(16-21)27(22)17-19-7-4-3-5-8-19/h3-5,7-8,11-14,21-23H,2,6,9-10,15-17H2,1H3,(H2,25,26,28)/t22-,23-/m0/s1. The van der Waals surface area contributed by atoms with Crippen LogP contribution in [0.5, 0.6) is 0 Å². The predicted molar refractivity (Wildman–Crippen MR) is 122 cm³/mol. The molecule has 0 aromatic heterocycles. The second-order valence-electron chi connectivity index (χ2n) is 8.21. The van der Waals surface area contributed by atoms with Crippen LogP contribution < -0.4 is 10.6 Å². The van der Waals surface area contributed by atoms with E-state index >= 15 is 0 Å². The molecule has 0 saturated carbocycles. The van der Waals surface area contributed by atoms with Gasteiger partial charge in [-0.05, 0) is 67.6 Å². The van der Waals surface area contributed by atoms with E-state index < -0.39 is 0 Å². The van der Waals surface area contributed by atoms with Crippen LogP contribution in [0.1, 0.15) is 50.2 Å². The van der Waals surface area contributed by atoms with Gasteiger partial charge in [0.05, 0.1) is 0 Å². The zero-order valence-electron chi connectivity index (χ0n) is 16.7. The fraction of sp³-hybridized carbons (Fsp3) is 0.458. The average molecular weight is 394 g/mol. The van der Waals surface area contributed by atoms with Crippen LogP contribution in [0.2, 0.25) is 0 Å². The highest BCUT2D eigenvalue weighted by molar-refractivity contribution is 7.80. The molecule has 2 atom stereocenters. The van der Waals surface area contributed by atoms with E-state index in [9.17, 15) is 0 Å². The quantitative estimate of drug-likeness (QED) is 0.690. The van der Waals surface area contributed by atoms with Crippen LogP contribution in [0.15, 0.2) is 54.6 Å². The Hall–Kier alpha value is -1.91. The number of aryl methyl sites for hydroxylation is 1. The molecule has 148 valence electrons. The molecule has 0 amide bonds. The van der Waals surface area contributed by atoms with Crippen molar-refractivity contribution in [1.82, 2.24) is 10.2 Å². The Bertz CT molecular complexity index is 760.